The van der Waals surface area contributed by atoms with E-state index >= 15 is 0 Å². The number of Topliss-reactive ketones (excluding diaryl/α,β-unsaturated/α-hetero) is 1. The quantitative estimate of drug-likeness (QED) is 0.234. The number of hydrogen-bond donors (Lipinski definition) is 1. The maximum atomic E-state index is 13.3. The first kappa shape index (κ1) is 25.7. The van der Waals surface area contributed by atoms with Crippen molar-refractivity contribution < 1.29 is 28.9 Å². The third-order valence-electron chi connectivity index (χ3n) is 6.61. The van der Waals surface area contributed by atoms with Gasteiger partial charge in [0, 0.05) is 31.7 Å². The van der Waals surface area contributed by atoms with E-state index in [1.807, 2.05) is 18.2 Å². The van der Waals surface area contributed by atoms with Gasteiger partial charge in [0.15, 0.2) is 0 Å². The van der Waals surface area contributed by atoms with Crippen LogP contribution in [0.4, 0.5) is 0 Å². The average molecular weight is 495 g/mol. The molecule has 0 spiro atoms. The number of carbonyl (C=O) groups is 2. The lowest BCUT2D eigenvalue weighted by Gasteiger charge is -2.31. The largest absolute Gasteiger partial charge is 0.507 e. The van der Waals surface area contributed by atoms with Crippen molar-refractivity contribution in [1.82, 2.24) is 9.80 Å². The number of ketones is 1. The molecule has 36 heavy (non-hydrogen) atoms. The standard InChI is InChI=1S/C28H34N2O6/c1-3-4-16-36-23-7-5-6-21(19-23)26(31)24-25(20-8-10-22(34-2)11-9-20)30(28(33)27(24)32)13-12-29-14-17-35-18-15-29/h5-11,19,25,31H,3-4,12-18H2,1-2H3. The maximum Gasteiger partial charge on any atom is 0.295 e. The first-order valence-corrected chi connectivity index (χ1v) is 12.5. The lowest BCUT2D eigenvalue weighted by atomic mass is 9.95. The van der Waals surface area contributed by atoms with Crippen molar-refractivity contribution >= 4 is 17.4 Å². The lowest BCUT2D eigenvalue weighted by molar-refractivity contribution is -0.140. The van der Waals surface area contributed by atoms with Crippen molar-refractivity contribution in [2.75, 3.05) is 53.1 Å². The zero-order valence-electron chi connectivity index (χ0n) is 20.9. The van der Waals surface area contributed by atoms with E-state index in [4.69, 9.17) is 14.2 Å². The van der Waals surface area contributed by atoms with Crippen molar-refractivity contribution in [2.45, 2.75) is 25.8 Å². The Morgan fingerprint density at radius 1 is 1.06 bits per heavy atom. The molecule has 2 aromatic rings. The van der Waals surface area contributed by atoms with E-state index in [1.54, 1.807) is 42.3 Å². The van der Waals surface area contributed by atoms with Crippen LogP contribution in [0.15, 0.2) is 54.1 Å². The molecule has 1 atom stereocenters. The molecule has 2 aliphatic rings. The summed E-state index contributed by atoms with van der Waals surface area (Å²) in [7, 11) is 1.58. The number of methoxy groups -OCH3 is 1. The molecule has 2 saturated heterocycles. The third-order valence-corrected chi connectivity index (χ3v) is 6.61. The predicted octanol–water partition coefficient (Wildman–Crippen LogP) is 3.63. The Morgan fingerprint density at radius 3 is 2.50 bits per heavy atom. The fourth-order valence-electron chi connectivity index (χ4n) is 4.54. The summed E-state index contributed by atoms with van der Waals surface area (Å²) in [4.78, 5) is 30.3. The molecular formula is C28H34N2O6. The number of hydrogen-bond acceptors (Lipinski definition) is 7. The smallest absolute Gasteiger partial charge is 0.295 e. The van der Waals surface area contributed by atoms with Crippen molar-refractivity contribution in [3.05, 3.63) is 65.2 Å². The van der Waals surface area contributed by atoms with Gasteiger partial charge in [-0.05, 0) is 36.2 Å². The van der Waals surface area contributed by atoms with Crippen molar-refractivity contribution in [1.29, 1.82) is 0 Å². The molecule has 0 aliphatic carbocycles. The first-order valence-electron chi connectivity index (χ1n) is 12.5. The lowest BCUT2D eigenvalue weighted by Crippen LogP contribution is -2.42. The van der Waals surface area contributed by atoms with Crippen molar-refractivity contribution in [3.63, 3.8) is 0 Å². The van der Waals surface area contributed by atoms with Crippen LogP contribution in [0.25, 0.3) is 5.76 Å². The van der Waals surface area contributed by atoms with Crippen LogP contribution < -0.4 is 9.47 Å². The number of unbranched alkanes of at least 4 members (excludes halogenated alkanes) is 1. The number of nitrogens with zero attached hydrogens (tertiary/aromatic N) is 2. The third kappa shape index (κ3) is 5.71. The molecule has 1 unspecified atom stereocenters. The van der Waals surface area contributed by atoms with Crippen LogP contribution in [0.5, 0.6) is 11.5 Å². The second-order valence-corrected chi connectivity index (χ2v) is 8.95. The SMILES string of the molecule is CCCCOc1cccc(C(O)=C2C(=O)C(=O)N(CCN3CCOCC3)C2c2ccc(OC)cc2)c1. The minimum atomic E-state index is -0.707. The minimum Gasteiger partial charge on any atom is -0.507 e. The molecule has 1 amide bonds. The molecule has 2 heterocycles. The summed E-state index contributed by atoms with van der Waals surface area (Å²) in [6.07, 6.45) is 1.93. The number of ether oxygens (including phenoxy) is 3. The van der Waals surface area contributed by atoms with Gasteiger partial charge >= 0.3 is 0 Å². The van der Waals surface area contributed by atoms with Crippen LogP contribution >= 0.6 is 0 Å². The highest BCUT2D eigenvalue weighted by Crippen LogP contribution is 2.40. The van der Waals surface area contributed by atoms with E-state index in [2.05, 4.69) is 11.8 Å². The molecule has 8 heteroatoms. The van der Waals surface area contributed by atoms with Crippen LogP contribution in [0.3, 0.4) is 0 Å². The molecule has 0 saturated carbocycles. The zero-order chi connectivity index (χ0) is 25.5. The van der Waals surface area contributed by atoms with Crippen LogP contribution in [-0.2, 0) is 14.3 Å². The topological polar surface area (TPSA) is 88.5 Å². The zero-order valence-corrected chi connectivity index (χ0v) is 20.9. The fourth-order valence-corrected chi connectivity index (χ4v) is 4.54. The molecule has 192 valence electrons. The molecule has 0 bridgehead atoms. The number of amides is 1. The number of aliphatic hydroxyl groups is 1. The van der Waals surface area contributed by atoms with Gasteiger partial charge in [-0.1, -0.05) is 37.6 Å². The van der Waals surface area contributed by atoms with Gasteiger partial charge < -0.3 is 24.2 Å². The fraction of sp³-hybridized carbons (Fsp3) is 0.429. The average Bonchev–Trinajstić information content (AvgIpc) is 3.17. The highest BCUT2D eigenvalue weighted by Gasteiger charge is 2.46. The summed E-state index contributed by atoms with van der Waals surface area (Å²) in [5.74, 6) is -0.228. The number of aliphatic hydroxyl groups excluding tert-OH is 1. The highest BCUT2D eigenvalue weighted by atomic mass is 16.5. The van der Waals surface area contributed by atoms with E-state index in [0.29, 0.717) is 50.0 Å². The monoisotopic (exact) mass is 494 g/mol. The number of carbonyl (C=O) groups excluding carboxylic acids is 2. The summed E-state index contributed by atoms with van der Waals surface area (Å²) in [5.41, 5.74) is 1.25. The number of benzene rings is 2. The minimum absolute atomic E-state index is 0.0813. The van der Waals surface area contributed by atoms with Gasteiger partial charge in [0.05, 0.1) is 38.5 Å². The van der Waals surface area contributed by atoms with Crippen molar-refractivity contribution in [3.8, 4) is 11.5 Å². The Labute approximate surface area is 212 Å². The highest BCUT2D eigenvalue weighted by molar-refractivity contribution is 6.46. The van der Waals surface area contributed by atoms with Gasteiger partial charge in [-0.15, -0.1) is 0 Å². The maximum absolute atomic E-state index is 13.3. The molecule has 0 radical (unpaired) electrons. The molecular weight excluding hydrogens is 460 g/mol. The second-order valence-electron chi connectivity index (χ2n) is 8.95. The Kier molecular flexibility index (Phi) is 8.61. The summed E-state index contributed by atoms with van der Waals surface area (Å²) >= 11 is 0. The predicted molar refractivity (Wildman–Crippen MR) is 136 cm³/mol. The van der Waals surface area contributed by atoms with Crippen LogP contribution in [-0.4, -0.2) is 79.7 Å². The van der Waals surface area contributed by atoms with Gasteiger partial charge in [-0.2, -0.15) is 0 Å². The van der Waals surface area contributed by atoms with E-state index in [0.717, 1.165) is 31.5 Å². The Bertz CT molecular complexity index is 1090. The van der Waals surface area contributed by atoms with Gasteiger partial charge in [0.25, 0.3) is 11.7 Å². The molecule has 8 nitrogen and oxygen atoms in total. The number of rotatable bonds is 10. The molecule has 0 aromatic heterocycles. The second kappa shape index (κ2) is 12.1. The Balaban J connectivity index is 1.69. The van der Waals surface area contributed by atoms with E-state index in [1.165, 1.54) is 0 Å². The van der Waals surface area contributed by atoms with E-state index in [-0.39, 0.29) is 11.3 Å². The first-order chi connectivity index (χ1) is 17.5. The molecule has 2 aliphatic heterocycles. The van der Waals surface area contributed by atoms with Crippen LogP contribution in [0, 0.1) is 0 Å². The number of morpholine rings is 1. The summed E-state index contributed by atoms with van der Waals surface area (Å²) < 4.78 is 16.5. The van der Waals surface area contributed by atoms with Crippen LogP contribution in [0.2, 0.25) is 0 Å². The van der Waals surface area contributed by atoms with Gasteiger partial charge in [-0.3, -0.25) is 14.5 Å². The Morgan fingerprint density at radius 2 is 1.81 bits per heavy atom. The normalized spacial score (nSPS) is 20.1. The molecule has 4 rings (SSSR count). The van der Waals surface area contributed by atoms with Gasteiger partial charge in [-0.25, -0.2) is 0 Å². The van der Waals surface area contributed by atoms with Gasteiger partial charge in [0.2, 0.25) is 0 Å². The molecule has 1 N–H and O–H groups in total. The van der Waals surface area contributed by atoms with Gasteiger partial charge in [0.1, 0.15) is 17.3 Å². The summed E-state index contributed by atoms with van der Waals surface area (Å²) in [6, 6.07) is 13.5. The number of likely N-dealkylation sites (tertiary alicyclic amines) is 1. The summed E-state index contributed by atoms with van der Waals surface area (Å²) in [6.45, 7) is 6.49. The molecule has 2 fully saturated rings. The van der Waals surface area contributed by atoms with Crippen LogP contribution in [0.1, 0.15) is 36.9 Å². The van der Waals surface area contributed by atoms with E-state index in [9.17, 15) is 14.7 Å². The Hall–Kier alpha value is -3.36. The molecule has 2 aromatic carbocycles. The summed E-state index contributed by atoms with van der Waals surface area (Å²) in [5, 5.41) is 11.3. The van der Waals surface area contributed by atoms with E-state index < -0.39 is 17.7 Å². The van der Waals surface area contributed by atoms with Crippen molar-refractivity contribution in [2.24, 2.45) is 0 Å².